The molecule has 7 rings (SSSR count). The molecule has 7 aliphatic rings. The highest BCUT2D eigenvalue weighted by atomic mass is 16.7. The van der Waals surface area contributed by atoms with Gasteiger partial charge in [0.1, 0.15) is 0 Å². The van der Waals surface area contributed by atoms with Crippen LogP contribution in [0.3, 0.4) is 0 Å². The SMILES string of the molecule is C=C(C)C(=O)O.C=C(C)C(=O)OC(C)OCCOC12CC3CC(CC(C3)C1)C2.O=C(O)C(=C(C1CCCCCCCCC1)C1CCCCCCCCC1)C1CCCCCCCCC1. The Morgan fingerprint density at radius 3 is 1.17 bits per heavy atom. The fraction of sp³-hybridized carbons (Fsp3) is 0.836. The van der Waals surface area contributed by atoms with Crippen LogP contribution in [-0.4, -0.2) is 53.2 Å². The molecular formula is C55H92O8. The number of carbonyl (C=O) groups excluding carboxylic acids is 1. The van der Waals surface area contributed by atoms with Crippen LogP contribution < -0.4 is 0 Å². The molecule has 0 heterocycles. The molecule has 0 radical (unpaired) electrons. The first-order valence-electron chi connectivity index (χ1n) is 26.4. The summed E-state index contributed by atoms with van der Waals surface area (Å²) in [4.78, 5) is 34.2. The Morgan fingerprint density at radius 2 is 0.857 bits per heavy atom. The summed E-state index contributed by atoms with van der Waals surface area (Å²) >= 11 is 0. The zero-order valence-electron chi connectivity index (χ0n) is 40.5. The normalized spacial score (nSPS) is 27.4. The van der Waals surface area contributed by atoms with Crippen molar-refractivity contribution in [3.8, 4) is 0 Å². The Balaban J connectivity index is 0.000000263. The summed E-state index contributed by atoms with van der Waals surface area (Å²) in [5.41, 5.74) is 3.11. The molecule has 0 aromatic heterocycles. The lowest BCUT2D eigenvalue weighted by molar-refractivity contribution is -0.191. The van der Waals surface area contributed by atoms with Gasteiger partial charge in [-0.25, -0.2) is 14.4 Å². The average Bonchev–Trinajstić information content (AvgIpc) is 3.24. The molecule has 7 saturated carbocycles. The number of hydrogen-bond donors (Lipinski definition) is 2. The van der Waals surface area contributed by atoms with Crippen molar-refractivity contribution in [3.05, 3.63) is 35.5 Å². The number of hydrogen-bond acceptors (Lipinski definition) is 6. The molecule has 1 unspecified atom stereocenters. The molecule has 7 aliphatic carbocycles. The predicted octanol–water partition coefficient (Wildman–Crippen LogP) is 14.9. The van der Waals surface area contributed by atoms with Crippen molar-refractivity contribution in [3.63, 3.8) is 0 Å². The molecule has 8 heteroatoms. The third kappa shape index (κ3) is 19.5. The van der Waals surface area contributed by atoms with E-state index >= 15 is 0 Å². The molecule has 0 amide bonds. The molecule has 8 nitrogen and oxygen atoms in total. The summed E-state index contributed by atoms with van der Waals surface area (Å²) in [5, 5.41) is 18.7. The smallest absolute Gasteiger partial charge is 0.335 e. The molecular weight excluding hydrogens is 789 g/mol. The molecule has 0 saturated heterocycles. The quantitative estimate of drug-likeness (QED) is 0.0861. The van der Waals surface area contributed by atoms with Gasteiger partial charge in [-0.05, 0) is 133 Å². The van der Waals surface area contributed by atoms with Gasteiger partial charge in [0.05, 0.1) is 18.8 Å². The van der Waals surface area contributed by atoms with E-state index in [0.717, 1.165) is 36.2 Å². The van der Waals surface area contributed by atoms with Crippen LogP contribution in [0.1, 0.15) is 233 Å². The van der Waals surface area contributed by atoms with Gasteiger partial charge in [-0.1, -0.05) is 154 Å². The number of aliphatic carboxylic acids is 2. The van der Waals surface area contributed by atoms with Gasteiger partial charge >= 0.3 is 17.9 Å². The van der Waals surface area contributed by atoms with Crippen LogP contribution in [0, 0.1) is 35.5 Å². The van der Waals surface area contributed by atoms with Gasteiger partial charge < -0.3 is 24.4 Å². The van der Waals surface area contributed by atoms with Crippen LogP contribution in [-0.2, 0) is 28.6 Å². The van der Waals surface area contributed by atoms with Crippen molar-refractivity contribution < 1.29 is 38.8 Å². The Hall–Kier alpha value is -2.45. The zero-order chi connectivity index (χ0) is 45.5. The fourth-order valence-electron chi connectivity index (χ4n) is 12.6. The molecule has 7 fully saturated rings. The van der Waals surface area contributed by atoms with E-state index in [0.29, 0.717) is 36.5 Å². The summed E-state index contributed by atoms with van der Waals surface area (Å²) in [5.74, 6) is 2.14. The second-order valence-electron chi connectivity index (χ2n) is 21.1. The Kier molecular flexibility index (Phi) is 24.7. The summed E-state index contributed by atoms with van der Waals surface area (Å²) in [6.45, 7) is 12.6. The number of carboxylic acids is 2. The number of carbonyl (C=O) groups is 3. The minimum absolute atomic E-state index is 0.121. The van der Waals surface area contributed by atoms with E-state index in [4.69, 9.17) is 19.3 Å². The van der Waals surface area contributed by atoms with E-state index in [2.05, 4.69) is 13.2 Å². The van der Waals surface area contributed by atoms with Gasteiger partial charge in [-0.3, -0.25) is 0 Å². The third-order valence-electron chi connectivity index (χ3n) is 15.5. The standard InChI is InChI=1S/C33H58O2.C18H28O4.C4H6O2/c34-33(35)32(30-26-20-14-8-3-9-15-21-27-30)31(28-22-16-10-4-1-5-11-17-23-28)29-24-18-12-6-2-7-13-19-25-29;1-12(2)17(19)22-13(3)20-4-5-21-18-9-14-6-15(10-18)8-16(7-14)11-18;1-3(2)4(5)6/h28-30H,1-27H2,(H,34,35);13-16H,1,4-11H2,2-3H3;1H2,2H3,(H,5,6). The van der Waals surface area contributed by atoms with E-state index in [1.165, 1.54) is 212 Å². The molecule has 2 N–H and O–H groups in total. The zero-order valence-corrected chi connectivity index (χ0v) is 40.5. The molecule has 1 atom stereocenters. The lowest BCUT2D eigenvalue weighted by atomic mass is 9.54. The lowest BCUT2D eigenvalue weighted by Crippen LogP contribution is -2.52. The van der Waals surface area contributed by atoms with Crippen molar-refractivity contribution in [1.29, 1.82) is 0 Å². The van der Waals surface area contributed by atoms with E-state index in [1.54, 1.807) is 13.8 Å². The summed E-state index contributed by atoms with van der Waals surface area (Å²) < 4.78 is 16.9. The number of carboxylic acid groups (broad SMARTS) is 2. The Labute approximate surface area is 384 Å². The van der Waals surface area contributed by atoms with Gasteiger partial charge in [0, 0.05) is 16.7 Å². The Bertz CT molecular complexity index is 1320. The first kappa shape index (κ1) is 53.2. The van der Waals surface area contributed by atoms with Crippen molar-refractivity contribution in [1.82, 2.24) is 0 Å². The van der Waals surface area contributed by atoms with Crippen LogP contribution in [0.15, 0.2) is 35.5 Å². The van der Waals surface area contributed by atoms with Gasteiger partial charge in [0.2, 0.25) is 6.29 Å². The summed E-state index contributed by atoms with van der Waals surface area (Å²) in [7, 11) is 0. The molecule has 0 aliphatic heterocycles. The lowest BCUT2D eigenvalue weighted by Gasteiger charge is -2.56. The molecule has 63 heavy (non-hydrogen) atoms. The van der Waals surface area contributed by atoms with Gasteiger partial charge in [0.25, 0.3) is 0 Å². The van der Waals surface area contributed by atoms with Crippen LogP contribution in [0.2, 0.25) is 0 Å². The first-order valence-corrected chi connectivity index (χ1v) is 26.4. The summed E-state index contributed by atoms with van der Waals surface area (Å²) in [6.07, 6.45) is 42.7. The predicted molar refractivity (Wildman–Crippen MR) is 255 cm³/mol. The second kappa shape index (κ2) is 29.2. The topological polar surface area (TPSA) is 119 Å². The maximum atomic E-state index is 13.2. The highest BCUT2D eigenvalue weighted by molar-refractivity contribution is 5.88. The van der Waals surface area contributed by atoms with Crippen molar-refractivity contribution in [2.24, 2.45) is 35.5 Å². The van der Waals surface area contributed by atoms with E-state index in [-0.39, 0.29) is 11.2 Å². The molecule has 4 bridgehead atoms. The van der Waals surface area contributed by atoms with E-state index in [1.807, 2.05) is 0 Å². The third-order valence-corrected chi connectivity index (χ3v) is 15.5. The van der Waals surface area contributed by atoms with Crippen LogP contribution in [0.5, 0.6) is 0 Å². The summed E-state index contributed by atoms with van der Waals surface area (Å²) in [6, 6.07) is 0. The monoisotopic (exact) mass is 881 g/mol. The molecule has 360 valence electrons. The second-order valence-corrected chi connectivity index (χ2v) is 21.1. The first-order chi connectivity index (χ1) is 30.4. The van der Waals surface area contributed by atoms with E-state index in [9.17, 15) is 19.5 Å². The maximum absolute atomic E-state index is 13.2. The minimum Gasteiger partial charge on any atom is -0.478 e. The van der Waals surface area contributed by atoms with Crippen LogP contribution in [0.4, 0.5) is 0 Å². The van der Waals surface area contributed by atoms with E-state index < -0.39 is 24.2 Å². The highest BCUT2D eigenvalue weighted by Crippen LogP contribution is 2.57. The van der Waals surface area contributed by atoms with Crippen molar-refractivity contribution in [2.45, 2.75) is 245 Å². The fourth-order valence-corrected chi connectivity index (χ4v) is 12.6. The van der Waals surface area contributed by atoms with Gasteiger partial charge in [-0.2, -0.15) is 0 Å². The van der Waals surface area contributed by atoms with Crippen LogP contribution >= 0.6 is 0 Å². The van der Waals surface area contributed by atoms with Gasteiger partial charge in [-0.15, -0.1) is 0 Å². The molecule has 0 spiro atoms. The minimum atomic E-state index is -0.935. The van der Waals surface area contributed by atoms with Gasteiger partial charge in [0.15, 0.2) is 0 Å². The largest absolute Gasteiger partial charge is 0.478 e. The number of rotatable bonds is 12. The van der Waals surface area contributed by atoms with Crippen molar-refractivity contribution >= 4 is 17.9 Å². The average molecular weight is 881 g/mol. The highest BCUT2D eigenvalue weighted by Gasteiger charge is 2.51. The van der Waals surface area contributed by atoms with Crippen LogP contribution in [0.25, 0.3) is 0 Å². The van der Waals surface area contributed by atoms with Crippen molar-refractivity contribution in [2.75, 3.05) is 13.2 Å². The molecule has 0 aromatic carbocycles. The maximum Gasteiger partial charge on any atom is 0.335 e. The number of esters is 1. The number of ether oxygens (including phenoxy) is 3. The number of allylic oxidation sites excluding steroid dienone is 1. The Morgan fingerprint density at radius 1 is 0.524 bits per heavy atom. The molecule has 0 aromatic rings.